The van der Waals surface area contributed by atoms with Crippen molar-refractivity contribution in [2.24, 2.45) is 5.73 Å². The van der Waals surface area contributed by atoms with E-state index in [2.05, 4.69) is 60.2 Å². The summed E-state index contributed by atoms with van der Waals surface area (Å²) in [4.78, 5) is 0. The van der Waals surface area contributed by atoms with E-state index in [1.165, 1.54) is 11.1 Å². The molecule has 0 bridgehead atoms. The van der Waals surface area contributed by atoms with E-state index in [4.69, 9.17) is 5.73 Å². The van der Waals surface area contributed by atoms with Gasteiger partial charge in [0.15, 0.2) is 0 Å². The number of nitrogens with zero attached hydrogens (tertiary/aromatic N) is 2. The Morgan fingerprint density at radius 2 is 1.90 bits per heavy atom. The minimum atomic E-state index is -0.168. The third-order valence-electron chi connectivity index (χ3n) is 4.44. The average molecular weight is 269 g/mol. The first-order valence-electron chi connectivity index (χ1n) is 7.49. The molecule has 2 aromatic rings. The molecule has 0 saturated carbocycles. The average Bonchev–Trinajstić information content (AvgIpc) is 3.01. The van der Waals surface area contributed by atoms with Gasteiger partial charge in [0.2, 0.25) is 0 Å². The second kappa shape index (κ2) is 5.06. The van der Waals surface area contributed by atoms with Gasteiger partial charge in [-0.1, -0.05) is 31.2 Å². The molecule has 1 aromatic heterocycles. The van der Waals surface area contributed by atoms with Gasteiger partial charge in [-0.05, 0) is 43.4 Å². The van der Waals surface area contributed by atoms with Crippen molar-refractivity contribution in [1.82, 2.24) is 9.78 Å². The summed E-state index contributed by atoms with van der Waals surface area (Å²) < 4.78 is 2.06. The highest BCUT2D eigenvalue weighted by atomic mass is 15.3. The van der Waals surface area contributed by atoms with Gasteiger partial charge in [-0.25, -0.2) is 0 Å². The molecule has 1 heterocycles. The normalized spacial score (nSPS) is 17.9. The number of fused-ring (bicyclic) bond motifs is 1. The fourth-order valence-corrected chi connectivity index (χ4v) is 3.11. The van der Waals surface area contributed by atoms with E-state index < -0.39 is 0 Å². The van der Waals surface area contributed by atoms with E-state index in [0.29, 0.717) is 6.04 Å². The highest BCUT2D eigenvalue weighted by Crippen LogP contribution is 2.30. The highest BCUT2D eigenvalue weighted by molar-refractivity contribution is 5.36. The largest absolute Gasteiger partial charge is 0.324 e. The molecular formula is C17H23N3. The fourth-order valence-electron chi connectivity index (χ4n) is 3.11. The van der Waals surface area contributed by atoms with E-state index in [1.807, 2.05) is 0 Å². The number of nitrogens with two attached hydrogens (primary N) is 1. The van der Waals surface area contributed by atoms with Crippen molar-refractivity contribution in [3.05, 3.63) is 53.3 Å². The van der Waals surface area contributed by atoms with Crippen LogP contribution >= 0.6 is 0 Å². The molecule has 1 aliphatic carbocycles. The maximum atomic E-state index is 6.61. The van der Waals surface area contributed by atoms with Crippen molar-refractivity contribution in [3.8, 4) is 0 Å². The summed E-state index contributed by atoms with van der Waals surface area (Å²) in [5, 5.41) is 4.69. The number of benzene rings is 1. The van der Waals surface area contributed by atoms with Crippen LogP contribution in [0.1, 0.15) is 43.1 Å². The first-order chi connectivity index (χ1) is 9.59. The fraction of sp³-hybridized carbons (Fsp3) is 0.471. The lowest BCUT2D eigenvalue weighted by Gasteiger charge is -2.22. The Morgan fingerprint density at radius 1 is 1.25 bits per heavy atom. The Hall–Kier alpha value is -1.61. The Morgan fingerprint density at radius 3 is 2.50 bits per heavy atom. The summed E-state index contributed by atoms with van der Waals surface area (Å²) in [6.07, 6.45) is 5.94. The number of aromatic nitrogens is 2. The van der Waals surface area contributed by atoms with E-state index in [1.54, 1.807) is 0 Å². The van der Waals surface area contributed by atoms with Crippen LogP contribution in [-0.2, 0) is 19.3 Å². The number of hydrogen-bond donors (Lipinski definition) is 1. The van der Waals surface area contributed by atoms with Gasteiger partial charge in [-0.3, -0.25) is 4.68 Å². The second-order valence-electron chi connectivity index (χ2n) is 6.21. The lowest BCUT2D eigenvalue weighted by Crippen LogP contribution is -2.43. The Kier molecular flexibility index (Phi) is 3.38. The summed E-state index contributed by atoms with van der Waals surface area (Å²) in [6.45, 7) is 4.38. The molecule has 1 unspecified atom stereocenters. The first kappa shape index (κ1) is 13.4. The zero-order valence-corrected chi connectivity index (χ0v) is 12.3. The standard InChI is InChI=1S/C17H23N3/c1-3-13(2)20-9-8-16(19-20)12-17(18)10-14-6-4-5-7-15(14)11-17/h4-9,13H,3,10-12,18H2,1-2H3. The van der Waals surface area contributed by atoms with Crippen molar-refractivity contribution in [1.29, 1.82) is 0 Å². The van der Waals surface area contributed by atoms with Crippen LogP contribution < -0.4 is 5.73 Å². The lowest BCUT2D eigenvalue weighted by atomic mass is 9.91. The monoisotopic (exact) mass is 269 g/mol. The van der Waals surface area contributed by atoms with Gasteiger partial charge in [-0.2, -0.15) is 5.10 Å². The van der Waals surface area contributed by atoms with E-state index in [-0.39, 0.29) is 5.54 Å². The predicted molar refractivity (Wildman–Crippen MR) is 81.7 cm³/mol. The molecule has 0 radical (unpaired) electrons. The van der Waals surface area contributed by atoms with Gasteiger partial charge in [-0.15, -0.1) is 0 Å². The molecule has 0 fully saturated rings. The van der Waals surface area contributed by atoms with Crippen molar-refractivity contribution in [2.75, 3.05) is 0 Å². The predicted octanol–water partition coefficient (Wildman–Crippen LogP) is 2.89. The number of hydrogen-bond acceptors (Lipinski definition) is 2. The molecule has 1 aliphatic rings. The summed E-state index contributed by atoms with van der Waals surface area (Å²) in [5.74, 6) is 0. The molecule has 106 valence electrons. The van der Waals surface area contributed by atoms with Crippen LogP contribution in [0.2, 0.25) is 0 Å². The zero-order valence-electron chi connectivity index (χ0n) is 12.3. The van der Waals surface area contributed by atoms with Crippen molar-refractivity contribution in [2.45, 2.75) is 51.1 Å². The van der Waals surface area contributed by atoms with Crippen LogP contribution in [0.25, 0.3) is 0 Å². The van der Waals surface area contributed by atoms with Gasteiger partial charge in [0.05, 0.1) is 5.69 Å². The van der Waals surface area contributed by atoms with Gasteiger partial charge < -0.3 is 5.73 Å². The van der Waals surface area contributed by atoms with Crippen LogP contribution in [0.5, 0.6) is 0 Å². The highest BCUT2D eigenvalue weighted by Gasteiger charge is 2.34. The van der Waals surface area contributed by atoms with Crippen molar-refractivity contribution >= 4 is 0 Å². The molecule has 3 nitrogen and oxygen atoms in total. The molecule has 0 saturated heterocycles. The van der Waals surface area contributed by atoms with Gasteiger partial charge in [0.1, 0.15) is 0 Å². The summed E-state index contributed by atoms with van der Waals surface area (Å²) in [7, 11) is 0. The van der Waals surface area contributed by atoms with E-state index in [9.17, 15) is 0 Å². The molecule has 0 aliphatic heterocycles. The van der Waals surface area contributed by atoms with Gasteiger partial charge >= 0.3 is 0 Å². The molecule has 0 amide bonds. The molecule has 20 heavy (non-hydrogen) atoms. The molecule has 3 heteroatoms. The van der Waals surface area contributed by atoms with Gasteiger partial charge in [0, 0.05) is 24.2 Å². The minimum Gasteiger partial charge on any atom is -0.324 e. The maximum Gasteiger partial charge on any atom is 0.0643 e. The third-order valence-corrected chi connectivity index (χ3v) is 4.44. The maximum absolute atomic E-state index is 6.61. The lowest BCUT2D eigenvalue weighted by molar-refractivity contribution is 0.428. The summed E-state index contributed by atoms with van der Waals surface area (Å²) in [6, 6.07) is 11.2. The molecule has 3 rings (SSSR count). The zero-order chi connectivity index (χ0) is 14.2. The van der Waals surface area contributed by atoms with E-state index >= 15 is 0 Å². The van der Waals surface area contributed by atoms with Crippen molar-refractivity contribution < 1.29 is 0 Å². The first-order valence-corrected chi connectivity index (χ1v) is 7.49. The quantitative estimate of drug-likeness (QED) is 0.927. The smallest absolute Gasteiger partial charge is 0.0643 e. The Bertz CT molecular complexity index is 575. The van der Waals surface area contributed by atoms with Crippen LogP contribution in [-0.4, -0.2) is 15.3 Å². The molecule has 1 aromatic carbocycles. The van der Waals surface area contributed by atoms with Crippen LogP contribution in [0.3, 0.4) is 0 Å². The number of rotatable bonds is 4. The van der Waals surface area contributed by atoms with Crippen LogP contribution in [0, 0.1) is 0 Å². The topological polar surface area (TPSA) is 43.8 Å². The van der Waals surface area contributed by atoms with Gasteiger partial charge in [0.25, 0.3) is 0 Å². The molecular weight excluding hydrogens is 246 g/mol. The second-order valence-corrected chi connectivity index (χ2v) is 6.21. The van der Waals surface area contributed by atoms with Crippen molar-refractivity contribution in [3.63, 3.8) is 0 Å². The molecule has 2 N–H and O–H groups in total. The Labute approximate surface area is 120 Å². The minimum absolute atomic E-state index is 0.168. The Balaban J connectivity index is 1.74. The summed E-state index contributed by atoms with van der Waals surface area (Å²) in [5.41, 5.74) is 10.4. The van der Waals surface area contributed by atoms with Crippen LogP contribution in [0.15, 0.2) is 36.5 Å². The third kappa shape index (κ3) is 2.50. The summed E-state index contributed by atoms with van der Waals surface area (Å²) >= 11 is 0. The van der Waals surface area contributed by atoms with Crippen LogP contribution in [0.4, 0.5) is 0 Å². The SMILES string of the molecule is CCC(C)n1ccc(CC2(N)Cc3ccccc3C2)n1. The molecule has 1 atom stereocenters. The molecule has 0 spiro atoms. The van der Waals surface area contributed by atoms with E-state index in [0.717, 1.165) is 31.4 Å².